The van der Waals surface area contributed by atoms with Crippen molar-refractivity contribution in [2.24, 2.45) is 0 Å². The molecule has 1 aromatic carbocycles. The molecule has 1 rings (SSSR count). The van der Waals surface area contributed by atoms with Crippen molar-refractivity contribution < 1.29 is 9.18 Å². The van der Waals surface area contributed by atoms with Crippen LogP contribution in [0.15, 0.2) is 22.7 Å². The molecule has 0 spiro atoms. The van der Waals surface area contributed by atoms with Crippen molar-refractivity contribution in [2.45, 2.75) is 0 Å². The van der Waals surface area contributed by atoms with Crippen molar-refractivity contribution in [3.63, 3.8) is 0 Å². The van der Waals surface area contributed by atoms with E-state index in [1.165, 1.54) is 12.1 Å². The van der Waals surface area contributed by atoms with Crippen LogP contribution < -0.4 is 5.32 Å². The Labute approximate surface area is 91.8 Å². The van der Waals surface area contributed by atoms with Crippen LogP contribution in [0, 0.1) is 5.82 Å². The lowest BCUT2D eigenvalue weighted by Crippen LogP contribution is -2.13. The Kier molecular flexibility index (Phi) is 3.87. The largest absolute Gasteiger partial charge is 0.323 e. The van der Waals surface area contributed by atoms with Gasteiger partial charge in [-0.15, -0.1) is 0 Å². The van der Waals surface area contributed by atoms with Gasteiger partial charge in [0.1, 0.15) is 5.82 Å². The van der Waals surface area contributed by atoms with E-state index in [-0.39, 0.29) is 16.9 Å². The standard InChI is InChI=1S/C8H6Br2FNO/c9-4-8(13)12-7-3-5(10)1-2-6(7)11/h1-3H,4H2,(H,12,13). The zero-order valence-electron chi connectivity index (χ0n) is 6.48. The summed E-state index contributed by atoms with van der Waals surface area (Å²) in [6.07, 6.45) is 0. The lowest BCUT2D eigenvalue weighted by Gasteiger charge is -2.04. The molecule has 0 bridgehead atoms. The minimum absolute atomic E-state index is 0.152. The normalized spacial score (nSPS) is 9.77. The van der Waals surface area contributed by atoms with Crippen LogP contribution in [0.1, 0.15) is 0 Å². The van der Waals surface area contributed by atoms with E-state index in [0.29, 0.717) is 0 Å². The van der Waals surface area contributed by atoms with E-state index in [2.05, 4.69) is 37.2 Å². The van der Waals surface area contributed by atoms with Crippen molar-refractivity contribution in [1.29, 1.82) is 0 Å². The van der Waals surface area contributed by atoms with Crippen LogP contribution in [-0.4, -0.2) is 11.2 Å². The van der Waals surface area contributed by atoms with Gasteiger partial charge in [0.15, 0.2) is 0 Å². The van der Waals surface area contributed by atoms with Crippen molar-refractivity contribution >= 4 is 43.5 Å². The zero-order valence-corrected chi connectivity index (χ0v) is 9.65. The fraction of sp³-hybridized carbons (Fsp3) is 0.125. The fourth-order valence-electron chi connectivity index (χ4n) is 0.777. The Morgan fingerprint density at radius 1 is 1.54 bits per heavy atom. The quantitative estimate of drug-likeness (QED) is 0.836. The van der Waals surface area contributed by atoms with E-state index >= 15 is 0 Å². The molecule has 0 aliphatic heterocycles. The number of halogens is 3. The first-order chi connectivity index (χ1) is 6.13. The second-order valence-corrected chi connectivity index (χ2v) is 3.78. The molecule has 0 heterocycles. The van der Waals surface area contributed by atoms with Crippen LogP contribution in [-0.2, 0) is 4.79 Å². The predicted octanol–water partition coefficient (Wildman–Crippen LogP) is 2.92. The molecule has 0 radical (unpaired) electrons. The summed E-state index contributed by atoms with van der Waals surface area (Å²) in [5.74, 6) is -0.727. The highest BCUT2D eigenvalue weighted by Gasteiger charge is 2.05. The fourth-order valence-corrected chi connectivity index (χ4v) is 1.28. The molecule has 5 heteroatoms. The van der Waals surface area contributed by atoms with E-state index < -0.39 is 5.82 Å². The van der Waals surface area contributed by atoms with Gasteiger partial charge in [0.25, 0.3) is 0 Å². The van der Waals surface area contributed by atoms with E-state index in [0.717, 1.165) is 4.47 Å². The second kappa shape index (κ2) is 4.72. The molecule has 13 heavy (non-hydrogen) atoms. The Hall–Kier alpha value is -0.420. The maximum Gasteiger partial charge on any atom is 0.235 e. The van der Waals surface area contributed by atoms with Gasteiger partial charge in [-0.1, -0.05) is 31.9 Å². The minimum atomic E-state index is -0.447. The number of benzene rings is 1. The molecular weight excluding hydrogens is 305 g/mol. The summed E-state index contributed by atoms with van der Waals surface area (Å²) >= 11 is 6.15. The van der Waals surface area contributed by atoms with E-state index in [9.17, 15) is 9.18 Å². The van der Waals surface area contributed by atoms with Gasteiger partial charge in [-0.2, -0.15) is 0 Å². The highest BCUT2D eigenvalue weighted by atomic mass is 79.9. The number of amides is 1. The molecule has 1 aromatic rings. The van der Waals surface area contributed by atoms with Gasteiger partial charge >= 0.3 is 0 Å². The summed E-state index contributed by atoms with van der Waals surface area (Å²) in [5, 5.41) is 2.56. The van der Waals surface area contributed by atoms with Crippen molar-refractivity contribution in [1.82, 2.24) is 0 Å². The number of hydrogen-bond acceptors (Lipinski definition) is 1. The average Bonchev–Trinajstić information content (AvgIpc) is 2.11. The van der Waals surface area contributed by atoms with Gasteiger partial charge in [0, 0.05) is 4.47 Å². The molecule has 0 aliphatic rings. The Morgan fingerprint density at radius 3 is 2.85 bits per heavy atom. The summed E-state index contributed by atoms with van der Waals surface area (Å²) in [6.45, 7) is 0. The number of hydrogen-bond donors (Lipinski definition) is 1. The average molecular weight is 311 g/mol. The van der Waals surface area contributed by atoms with Crippen molar-refractivity contribution in [3.8, 4) is 0 Å². The summed E-state index contributed by atoms with van der Waals surface area (Å²) in [5.41, 5.74) is 0.179. The molecule has 1 amide bonds. The van der Waals surface area contributed by atoms with Crippen LogP contribution in [0.5, 0.6) is 0 Å². The van der Waals surface area contributed by atoms with Crippen LogP contribution in [0.4, 0.5) is 10.1 Å². The summed E-state index contributed by atoms with van der Waals surface area (Å²) in [6, 6.07) is 4.36. The molecule has 2 nitrogen and oxygen atoms in total. The number of carbonyl (C=O) groups excluding carboxylic acids is 1. The number of anilines is 1. The Balaban J connectivity index is 2.87. The molecule has 0 saturated heterocycles. The molecule has 0 atom stereocenters. The van der Waals surface area contributed by atoms with Crippen LogP contribution in [0.3, 0.4) is 0 Å². The third kappa shape index (κ3) is 3.08. The first kappa shape index (κ1) is 10.7. The van der Waals surface area contributed by atoms with E-state index in [4.69, 9.17) is 0 Å². The van der Waals surface area contributed by atoms with Crippen molar-refractivity contribution in [3.05, 3.63) is 28.5 Å². The first-order valence-corrected chi connectivity index (χ1v) is 5.36. The molecule has 0 fully saturated rings. The molecule has 70 valence electrons. The van der Waals surface area contributed by atoms with Gasteiger partial charge in [0.05, 0.1) is 11.0 Å². The van der Waals surface area contributed by atoms with Gasteiger partial charge in [-0.05, 0) is 18.2 Å². The van der Waals surface area contributed by atoms with Gasteiger partial charge in [0.2, 0.25) is 5.91 Å². The number of rotatable bonds is 2. The lowest BCUT2D eigenvalue weighted by atomic mass is 10.3. The summed E-state index contributed by atoms with van der Waals surface area (Å²) < 4.78 is 13.7. The maximum absolute atomic E-state index is 13.0. The molecule has 1 N–H and O–H groups in total. The van der Waals surface area contributed by atoms with Gasteiger partial charge in [-0.3, -0.25) is 4.79 Å². The topological polar surface area (TPSA) is 29.1 Å². The number of alkyl halides is 1. The highest BCUT2D eigenvalue weighted by Crippen LogP contribution is 2.19. The highest BCUT2D eigenvalue weighted by molar-refractivity contribution is 9.10. The Morgan fingerprint density at radius 2 is 2.23 bits per heavy atom. The van der Waals surface area contributed by atoms with Crippen LogP contribution in [0.2, 0.25) is 0 Å². The molecule has 0 unspecified atom stereocenters. The number of nitrogens with one attached hydrogen (secondary N) is 1. The monoisotopic (exact) mass is 309 g/mol. The number of carbonyl (C=O) groups is 1. The minimum Gasteiger partial charge on any atom is -0.323 e. The molecule has 0 saturated carbocycles. The third-order valence-electron chi connectivity index (χ3n) is 1.32. The SMILES string of the molecule is O=C(CBr)Nc1cc(Br)ccc1F. The van der Waals surface area contributed by atoms with Gasteiger partial charge in [-0.25, -0.2) is 4.39 Å². The molecule has 0 aliphatic carbocycles. The van der Waals surface area contributed by atoms with Crippen LogP contribution >= 0.6 is 31.9 Å². The first-order valence-electron chi connectivity index (χ1n) is 3.44. The van der Waals surface area contributed by atoms with Gasteiger partial charge < -0.3 is 5.32 Å². The maximum atomic E-state index is 13.0. The summed E-state index contributed by atoms with van der Waals surface area (Å²) in [4.78, 5) is 10.9. The van der Waals surface area contributed by atoms with Crippen LogP contribution in [0.25, 0.3) is 0 Å². The second-order valence-electron chi connectivity index (χ2n) is 2.31. The predicted molar refractivity (Wildman–Crippen MR) is 56.5 cm³/mol. The smallest absolute Gasteiger partial charge is 0.235 e. The third-order valence-corrected chi connectivity index (χ3v) is 2.33. The van der Waals surface area contributed by atoms with E-state index in [1.54, 1.807) is 6.07 Å². The summed E-state index contributed by atoms with van der Waals surface area (Å²) in [7, 11) is 0. The van der Waals surface area contributed by atoms with Crippen molar-refractivity contribution in [2.75, 3.05) is 10.6 Å². The zero-order chi connectivity index (χ0) is 9.84. The lowest BCUT2D eigenvalue weighted by molar-refractivity contribution is -0.113. The molecular formula is C8H6Br2FNO. The van der Waals surface area contributed by atoms with E-state index in [1.807, 2.05) is 0 Å². The Bertz CT molecular complexity index is 330. The molecule has 0 aromatic heterocycles.